The number of nitrogens with zero attached hydrogens (tertiary/aromatic N) is 1. The second kappa shape index (κ2) is 2.21. The Morgan fingerprint density at radius 2 is 2.20 bits per heavy atom. The first-order chi connectivity index (χ1) is 4.77. The Hall–Kier alpha value is -0.0800. The van der Waals surface area contributed by atoms with Crippen molar-refractivity contribution in [1.82, 2.24) is 4.90 Å². The molecule has 1 aliphatic carbocycles. The van der Waals surface area contributed by atoms with E-state index in [0.29, 0.717) is 12.0 Å². The van der Waals surface area contributed by atoms with Crippen LogP contribution in [0.25, 0.3) is 0 Å². The van der Waals surface area contributed by atoms with Crippen molar-refractivity contribution in [1.29, 1.82) is 0 Å². The molecule has 0 aromatic carbocycles. The maximum Gasteiger partial charge on any atom is 0.0595 e. The van der Waals surface area contributed by atoms with E-state index in [-0.39, 0.29) is 6.10 Å². The lowest BCUT2D eigenvalue weighted by Crippen LogP contribution is -2.52. The van der Waals surface area contributed by atoms with Gasteiger partial charge in [0, 0.05) is 12.6 Å². The predicted molar refractivity (Wildman–Crippen MR) is 39.8 cm³/mol. The van der Waals surface area contributed by atoms with Gasteiger partial charge in [0.2, 0.25) is 0 Å². The second-order valence-corrected chi connectivity index (χ2v) is 3.73. The predicted octanol–water partition coefficient (Wildman–Crippen LogP) is 0.461. The molecule has 10 heavy (non-hydrogen) atoms. The van der Waals surface area contributed by atoms with E-state index >= 15 is 0 Å². The van der Waals surface area contributed by atoms with Gasteiger partial charge in [0.05, 0.1) is 6.10 Å². The maximum absolute atomic E-state index is 9.49. The molecule has 3 rings (SSSR count). The summed E-state index contributed by atoms with van der Waals surface area (Å²) in [5, 5.41) is 9.49. The fourth-order valence-corrected chi connectivity index (χ4v) is 2.32. The van der Waals surface area contributed by atoms with Gasteiger partial charge in [0.1, 0.15) is 0 Å². The number of piperidine rings is 2. The molecule has 1 N–H and O–H groups in total. The van der Waals surface area contributed by atoms with Gasteiger partial charge in [-0.2, -0.15) is 0 Å². The van der Waals surface area contributed by atoms with Crippen molar-refractivity contribution in [2.75, 3.05) is 13.6 Å². The zero-order valence-corrected chi connectivity index (χ0v) is 6.45. The van der Waals surface area contributed by atoms with E-state index < -0.39 is 0 Å². The summed E-state index contributed by atoms with van der Waals surface area (Å²) in [6, 6.07) is 0.681. The number of aliphatic hydroxyl groups is 1. The lowest BCUT2D eigenvalue weighted by Gasteiger charge is -2.46. The van der Waals surface area contributed by atoms with Crippen LogP contribution >= 0.6 is 0 Å². The number of fused-ring (bicyclic) bond motifs is 3. The van der Waals surface area contributed by atoms with Crippen molar-refractivity contribution in [3.63, 3.8) is 0 Å². The molecule has 3 aliphatic rings. The summed E-state index contributed by atoms with van der Waals surface area (Å²) in [7, 11) is 2.17. The lowest BCUT2D eigenvalue weighted by molar-refractivity contribution is -0.0379. The van der Waals surface area contributed by atoms with Crippen molar-refractivity contribution in [2.45, 2.75) is 31.4 Å². The van der Waals surface area contributed by atoms with Gasteiger partial charge in [0.25, 0.3) is 0 Å². The summed E-state index contributed by atoms with van der Waals surface area (Å²) >= 11 is 0. The average Bonchev–Trinajstić information content (AvgIpc) is 1.91. The molecule has 0 radical (unpaired) electrons. The number of rotatable bonds is 0. The Labute approximate surface area is 61.8 Å². The van der Waals surface area contributed by atoms with Gasteiger partial charge in [-0.1, -0.05) is 0 Å². The van der Waals surface area contributed by atoms with Crippen molar-refractivity contribution in [3.05, 3.63) is 0 Å². The van der Waals surface area contributed by atoms with E-state index in [2.05, 4.69) is 11.9 Å². The van der Waals surface area contributed by atoms with Crippen LogP contribution < -0.4 is 0 Å². The summed E-state index contributed by atoms with van der Waals surface area (Å²) in [4.78, 5) is 2.39. The molecule has 0 aromatic heterocycles. The molecule has 2 saturated heterocycles. The van der Waals surface area contributed by atoms with Crippen LogP contribution in [0.4, 0.5) is 0 Å². The summed E-state index contributed by atoms with van der Waals surface area (Å²) in [5.74, 6) is 0.579. The Balaban J connectivity index is 2.09. The average molecular weight is 141 g/mol. The zero-order chi connectivity index (χ0) is 7.14. The van der Waals surface area contributed by atoms with Crippen LogP contribution in [0.3, 0.4) is 0 Å². The van der Waals surface area contributed by atoms with Gasteiger partial charge >= 0.3 is 0 Å². The fraction of sp³-hybridized carbons (Fsp3) is 1.00. The van der Waals surface area contributed by atoms with E-state index in [1.54, 1.807) is 0 Å². The SMILES string of the molecule is CN1C[C@@H]2CC[C@@H]1C[C@H]2O. The molecule has 3 fully saturated rings. The Kier molecular flexibility index (Phi) is 1.46. The highest BCUT2D eigenvalue weighted by molar-refractivity contribution is 4.91. The maximum atomic E-state index is 9.49. The normalized spacial score (nSPS) is 48.0. The first-order valence-electron chi connectivity index (χ1n) is 4.15. The van der Waals surface area contributed by atoms with Gasteiger partial charge < -0.3 is 10.0 Å². The van der Waals surface area contributed by atoms with Crippen LogP contribution in [0.5, 0.6) is 0 Å². The minimum Gasteiger partial charge on any atom is -0.393 e. The number of hydrogen-bond donors (Lipinski definition) is 1. The van der Waals surface area contributed by atoms with Crippen LogP contribution in [-0.2, 0) is 0 Å². The van der Waals surface area contributed by atoms with Crippen LogP contribution in [0, 0.1) is 5.92 Å². The quantitative estimate of drug-likeness (QED) is 0.530. The molecule has 0 spiro atoms. The Bertz CT molecular complexity index is 121. The molecule has 2 heterocycles. The minimum atomic E-state index is 0.00921. The molecule has 2 bridgehead atoms. The fourth-order valence-electron chi connectivity index (χ4n) is 2.32. The molecule has 58 valence electrons. The first kappa shape index (κ1) is 6.62. The highest BCUT2D eigenvalue weighted by Crippen LogP contribution is 2.33. The molecule has 3 atom stereocenters. The van der Waals surface area contributed by atoms with E-state index in [0.717, 1.165) is 13.0 Å². The van der Waals surface area contributed by atoms with Gasteiger partial charge in [-0.3, -0.25) is 0 Å². The number of aliphatic hydroxyl groups excluding tert-OH is 1. The van der Waals surface area contributed by atoms with Gasteiger partial charge in [-0.15, -0.1) is 0 Å². The summed E-state index contributed by atoms with van der Waals surface area (Å²) < 4.78 is 0. The number of hydrogen-bond acceptors (Lipinski definition) is 2. The molecule has 2 heteroatoms. The van der Waals surface area contributed by atoms with E-state index in [4.69, 9.17) is 0 Å². The summed E-state index contributed by atoms with van der Waals surface area (Å²) in [6.07, 6.45) is 3.57. The smallest absolute Gasteiger partial charge is 0.0595 e. The molecule has 0 aromatic rings. The Morgan fingerprint density at radius 3 is 2.50 bits per heavy atom. The lowest BCUT2D eigenvalue weighted by atomic mass is 9.78. The van der Waals surface area contributed by atoms with Gasteiger partial charge in [-0.25, -0.2) is 0 Å². The van der Waals surface area contributed by atoms with Crippen molar-refractivity contribution >= 4 is 0 Å². The third kappa shape index (κ3) is 0.867. The topological polar surface area (TPSA) is 23.5 Å². The first-order valence-corrected chi connectivity index (χ1v) is 4.15. The van der Waals surface area contributed by atoms with Crippen molar-refractivity contribution < 1.29 is 5.11 Å². The second-order valence-electron chi connectivity index (χ2n) is 3.73. The van der Waals surface area contributed by atoms with Crippen molar-refractivity contribution in [2.24, 2.45) is 5.92 Å². The Morgan fingerprint density at radius 1 is 1.40 bits per heavy atom. The molecule has 0 unspecified atom stereocenters. The molecule has 2 aliphatic heterocycles. The monoisotopic (exact) mass is 141 g/mol. The van der Waals surface area contributed by atoms with E-state index in [1.807, 2.05) is 0 Å². The highest BCUT2D eigenvalue weighted by Gasteiger charge is 2.37. The van der Waals surface area contributed by atoms with E-state index in [1.165, 1.54) is 12.8 Å². The third-order valence-electron chi connectivity index (χ3n) is 3.07. The van der Waals surface area contributed by atoms with Gasteiger partial charge in [0.15, 0.2) is 0 Å². The zero-order valence-electron chi connectivity index (χ0n) is 6.45. The molecule has 2 nitrogen and oxygen atoms in total. The molecule has 1 saturated carbocycles. The molecule has 0 amide bonds. The largest absolute Gasteiger partial charge is 0.393 e. The van der Waals surface area contributed by atoms with Crippen LogP contribution in [-0.4, -0.2) is 35.7 Å². The summed E-state index contributed by atoms with van der Waals surface area (Å²) in [6.45, 7) is 1.12. The molecular weight excluding hydrogens is 126 g/mol. The standard InChI is InChI=1S/C8H15NO/c1-9-5-6-2-3-7(9)4-8(6)10/h6-8,10H,2-5H2,1H3/t6-,7+,8+/m0/s1. The molecular formula is C8H15NO. The van der Waals surface area contributed by atoms with Crippen LogP contribution in [0.1, 0.15) is 19.3 Å². The van der Waals surface area contributed by atoms with Crippen LogP contribution in [0.15, 0.2) is 0 Å². The highest BCUT2D eigenvalue weighted by atomic mass is 16.3. The van der Waals surface area contributed by atoms with Gasteiger partial charge in [-0.05, 0) is 32.2 Å². The van der Waals surface area contributed by atoms with Crippen molar-refractivity contribution in [3.8, 4) is 0 Å². The van der Waals surface area contributed by atoms with E-state index in [9.17, 15) is 5.11 Å². The third-order valence-corrected chi connectivity index (χ3v) is 3.07. The summed E-state index contributed by atoms with van der Waals surface area (Å²) in [5.41, 5.74) is 0. The van der Waals surface area contributed by atoms with Crippen LogP contribution in [0.2, 0.25) is 0 Å². The minimum absolute atomic E-state index is 0.00921.